The molecule has 0 radical (unpaired) electrons. The first kappa shape index (κ1) is 15.3. The van der Waals surface area contributed by atoms with Gasteiger partial charge in [-0.2, -0.15) is 5.10 Å². The molecule has 1 atom stereocenters. The van der Waals surface area contributed by atoms with Gasteiger partial charge in [0.2, 0.25) is 0 Å². The van der Waals surface area contributed by atoms with Crippen molar-refractivity contribution < 1.29 is 5.11 Å². The van der Waals surface area contributed by atoms with Crippen LogP contribution < -0.4 is 0 Å². The highest BCUT2D eigenvalue weighted by Crippen LogP contribution is 2.40. The van der Waals surface area contributed by atoms with Gasteiger partial charge in [0, 0.05) is 40.2 Å². The first-order valence-corrected chi connectivity index (χ1v) is 8.63. The minimum atomic E-state index is -0.527. The molecule has 3 heterocycles. The summed E-state index contributed by atoms with van der Waals surface area (Å²) in [5.74, 6) is 0.698. The number of aryl methyl sites for hydroxylation is 1. The lowest BCUT2D eigenvalue weighted by Crippen LogP contribution is -2.08. The number of nitrogens with one attached hydrogen (secondary N) is 1. The molecule has 0 bridgehead atoms. The number of H-pyrrole nitrogens is 1. The molecular formula is C19H22N4O. The number of fused-ring (bicyclic) bond motifs is 1. The maximum atomic E-state index is 10.8. The van der Waals surface area contributed by atoms with Crippen LogP contribution in [0.4, 0.5) is 0 Å². The third kappa shape index (κ3) is 2.69. The van der Waals surface area contributed by atoms with Crippen molar-refractivity contribution in [3.05, 3.63) is 41.5 Å². The second kappa shape index (κ2) is 5.98. The Hall–Kier alpha value is -2.27. The van der Waals surface area contributed by atoms with Gasteiger partial charge in [-0.1, -0.05) is 6.92 Å². The highest BCUT2D eigenvalue weighted by molar-refractivity contribution is 5.94. The number of aliphatic hydroxyl groups excluding tert-OH is 1. The largest absolute Gasteiger partial charge is 0.388 e. The molecule has 3 aromatic rings. The Morgan fingerprint density at radius 1 is 1.29 bits per heavy atom. The Bertz CT molecular complexity index is 882. The normalized spacial score (nSPS) is 15.8. The van der Waals surface area contributed by atoms with E-state index in [4.69, 9.17) is 4.98 Å². The molecule has 1 unspecified atom stereocenters. The van der Waals surface area contributed by atoms with Crippen molar-refractivity contribution in [1.82, 2.24) is 20.2 Å². The molecule has 5 nitrogen and oxygen atoms in total. The highest BCUT2D eigenvalue weighted by Gasteiger charge is 2.28. The molecule has 0 saturated heterocycles. The molecule has 1 fully saturated rings. The van der Waals surface area contributed by atoms with Crippen molar-refractivity contribution in [2.24, 2.45) is 5.92 Å². The maximum absolute atomic E-state index is 10.8. The van der Waals surface area contributed by atoms with Crippen molar-refractivity contribution in [1.29, 1.82) is 0 Å². The van der Waals surface area contributed by atoms with Crippen molar-refractivity contribution in [2.75, 3.05) is 0 Å². The van der Waals surface area contributed by atoms with Gasteiger partial charge in [0.15, 0.2) is 5.65 Å². The number of pyridine rings is 2. The fourth-order valence-electron chi connectivity index (χ4n) is 3.35. The number of hydrogen-bond acceptors (Lipinski definition) is 4. The molecule has 1 aliphatic rings. The number of aromatic amines is 1. The standard InChI is InChI=1S/C19H22N4O/c1-3-16(24)18-15(7-12-4-5-12)22-19-14(10-21-23-19)17(18)13-6-11(2)8-20-9-13/h6,8-10,12,16,24H,3-5,7H2,1-2H3,(H,21,22,23). The first-order chi connectivity index (χ1) is 11.7. The van der Waals surface area contributed by atoms with Crippen LogP contribution in [0.1, 0.15) is 49.1 Å². The molecule has 3 aromatic heterocycles. The van der Waals surface area contributed by atoms with Gasteiger partial charge >= 0.3 is 0 Å². The monoisotopic (exact) mass is 322 g/mol. The Balaban J connectivity index is 2.01. The van der Waals surface area contributed by atoms with Crippen LogP contribution in [0.2, 0.25) is 0 Å². The lowest BCUT2D eigenvalue weighted by molar-refractivity contribution is 0.172. The van der Waals surface area contributed by atoms with Gasteiger partial charge in [0.25, 0.3) is 0 Å². The zero-order valence-electron chi connectivity index (χ0n) is 14.1. The lowest BCUT2D eigenvalue weighted by atomic mass is 9.90. The molecule has 0 aliphatic heterocycles. The SMILES string of the molecule is CCC(O)c1c(CC2CC2)nc2[nH]ncc2c1-c1cncc(C)c1. The summed E-state index contributed by atoms with van der Waals surface area (Å²) in [7, 11) is 0. The molecule has 0 aromatic carbocycles. The molecule has 1 aliphatic carbocycles. The third-order valence-corrected chi connectivity index (χ3v) is 4.78. The summed E-state index contributed by atoms with van der Waals surface area (Å²) in [6.07, 6.45) is 9.08. The van der Waals surface area contributed by atoms with E-state index in [-0.39, 0.29) is 0 Å². The summed E-state index contributed by atoms with van der Waals surface area (Å²) < 4.78 is 0. The average Bonchev–Trinajstić information content (AvgIpc) is 3.27. The zero-order chi connectivity index (χ0) is 16.7. The molecular weight excluding hydrogens is 300 g/mol. The molecule has 5 heteroatoms. The predicted octanol–water partition coefficient (Wildman–Crippen LogP) is 3.72. The van der Waals surface area contributed by atoms with E-state index < -0.39 is 6.10 Å². The van der Waals surface area contributed by atoms with E-state index >= 15 is 0 Å². The van der Waals surface area contributed by atoms with Crippen molar-refractivity contribution in [2.45, 2.75) is 45.6 Å². The van der Waals surface area contributed by atoms with Gasteiger partial charge in [-0.25, -0.2) is 4.98 Å². The van der Waals surface area contributed by atoms with Gasteiger partial charge in [0.05, 0.1) is 12.3 Å². The number of aromatic nitrogens is 4. The predicted molar refractivity (Wildman–Crippen MR) is 93.5 cm³/mol. The second-order valence-corrected chi connectivity index (χ2v) is 6.80. The Morgan fingerprint density at radius 3 is 2.83 bits per heavy atom. The van der Waals surface area contributed by atoms with Crippen molar-refractivity contribution >= 4 is 11.0 Å². The highest BCUT2D eigenvalue weighted by atomic mass is 16.3. The summed E-state index contributed by atoms with van der Waals surface area (Å²) in [6, 6.07) is 2.11. The van der Waals surface area contributed by atoms with Crippen LogP contribution in [-0.2, 0) is 6.42 Å². The summed E-state index contributed by atoms with van der Waals surface area (Å²) in [4.78, 5) is 9.14. The zero-order valence-corrected chi connectivity index (χ0v) is 14.1. The van der Waals surface area contributed by atoms with Crippen molar-refractivity contribution in [3.63, 3.8) is 0 Å². The molecule has 0 amide bonds. The molecule has 24 heavy (non-hydrogen) atoms. The van der Waals surface area contributed by atoms with E-state index in [0.717, 1.165) is 45.4 Å². The van der Waals surface area contributed by atoms with E-state index in [1.54, 1.807) is 6.20 Å². The minimum absolute atomic E-state index is 0.527. The van der Waals surface area contributed by atoms with Crippen LogP contribution in [0.5, 0.6) is 0 Å². The smallest absolute Gasteiger partial charge is 0.156 e. The summed E-state index contributed by atoms with van der Waals surface area (Å²) >= 11 is 0. The lowest BCUT2D eigenvalue weighted by Gasteiger charge is -2.19. The third-order valence-electron chi connectivity index (χ3n) is 4.78. The quantitative estimate of drug-likeness (QED) is 0.750. The van der Waals surface area contributed by atoms with E-state index in [9.17, 15) is 5.11 Å². The van der Waals surface area contributed by atoms with E-state index in [0.29, 0.717) is 12.3 Å². The van der Waals surface area contributed by atoms with Crippen LogP contribution in [0.3, 0.4) is 0 Å². The van der Waals surface area contributed by atoms with E-state index in [1.165, 1.54) is 12.8 Å². The number of aliphatic hydroxyl groups is 1. The summed E-state index contributed by atoms with van der Waals surface area (Å²) in [6.45, 7) is 4.04. The van der Waals surface area contributed by atoms with Crippen LogP contribution >= 0.6 is 0 Å². The first-order valence-electron chi connectivity index (χ1n) is 8.63. The average molecular weight is 322 g/mol. The molecule has 2 N–H and O–H groups in total. The summed E-state index contributed by atoms with van der Waals surface area (Å²) in [5.41, 5.74) is 5.87. The summed E-state index contributed by atoms with van der Waals surface area (Å²) in [5, 5.41) is 18.9. The fourth-order valence-corrected chi connectivity index (χ4v) is 3.35. The number of nitrogens with zero attached hydrogens (tertiary/aromatic N) is 3. The van der Waals surface area contributed by atoms with Crippen LogP contribution in [0.15, 0.2) is 24.7 Å². The van der Waals surface area contributed by atoms with Crippen molar-refractivity contribution in [3.8, 4) is 11.1 Å². The second-order valence-electron chi connectivity index (χ2n) is 6.80. The van der Waals surface area contributed by atoms with Gasteiger partial charge in [-0.05, 0) is 50.2 Å². The molecule has 124 valence electrons. The van der Waals surface area contributed by atoms with E-state index in [1.807, 2.05) is 26.2 Å². The Labute approximate surface area is 141 Å². The Morgan fingerprint density at radius 2 is 2.12 bits per heavy atom. The minimum Gasteiger partial charge on any atom is -0.388 e. The van der Waals surface area contributed by atoms with Gasteiger partial charge < -0.3 is 5.11 Å². The van der Waals surface area contributed by atoms with Gasteiger partial charge in [-0.3, -0.25) is 10.1 Å². The molecule has 1 saturated carbocycles. The topological polar surface area (TPSA) is 74.7 Å². The fraction of sp³-hybridized carbons (Fsp3) is 0.421. The van der Waals surface area contributed by atoms with Gasteiger partial charge in [-0.15, -0.1) is 0 Å². The number of rotatable bonds is 5. The maximum Gasteiger partial charge on any atom is 0.156 e. The molecule has 4 rings (SSSR count). The van der Waals surface area contributed by atoms with Crippen LogP contribution in [0, 0.1) is 12.8 Å². The Kier molecular flexibility index (Phi) is 3.81. The van der Waals surface area contributed by atoms with Gasteiger partial charge in [0.1, 0.15) is 0 Å². The van der Waals surface area contributed by atoms with E-state index in [2.05, 4.69) is 21.2 Å². The molecule has 0 spiro atoms. The number of hydrogen-bond donors (Lipinski definition) is 2. The van der Waals surface area contributed by atoms with Crippen LogP contribution in [0.25, 0.3) is 22.2 Å². The van der Waals surface area contributed by atoms with Crippen LogP contribution in [-0.4, -0.2) is 25.3 Å².